The number of alkyl halides is 1. The Labute approximate surface area is 133 Å². The van der Waals surface area contributed by atoms with Gasteiger partial charge in [-0.05, 0) is 61.1 Å². The van der Waals surface area contributed by atoms with Gasteiger partial charge >= 0.3 is 0 Å². The molecule has 1 aliphatic carbocycles. The summed E-state index contributed by atoms with van der Waals surface area (Å²) >= 11 is 6.80. The average molecular weight is 299 g/mol. The minimum atomic E-state index is 0.194. The van der Waals surface area contributed by atoms with Crippen molar-refractivity contribution in [1.29, 1.82) is 0 Å². The molecule has 0 saturated heterocycles. The maximum atomic E-state index is 6.80. The second kappa shape index (κ2) is 7.13. The zero-order chi connectivity index (χ0) is 14.5. The molecule has 21 heavy (non-hydrogen) atoms. The Morgan fingerprint density at radius 2 is 1.71 bits per heavy atom. The van der Waals surface area contributed by atoms with Gasteiger partial charge in [0.05, 0.1) is 5.38 Å². The maximum Gasteiger partial charge on any atom is 0.0616 e. The summed E-state index contributed by atoms with van der Waals surface area (Å²) in [5.74, 6) is 0.624. The largest absolute Gasteiger partial charge is 0.118 e. The van der Waals surface area contributed by atoms with Gasteiger partial charge in [0.1, 0.15) is 0 Å². The summed E-state index contributed by atoms with van der Waals surface area (Å²) in [4.78, 5) is 0. The lowest BCUT2D eigenvalue weighted by Gasteiger charge is -2.21. The van der Waals surface area contributed by atoms with Crippen LogP contribution in [0.15, 0.2) is 54.6 Å². The summed E-state index contributed by atoms with van der Waals surface area (Å²) in [5, 5.41) is 0.194. The minimum absolute atomic E-state index is 0.194. The monoisotopic (exact) mass is 298 g/mol. The van der Waals surface area contributed by atoms with Crippen molar-refractivity contribution in [2.24, 2.45) is 5.92 Å². The molecule has 0 N–H and O–H groups in total. The van der Waals surface area contributed by atoms with Gasteiger partial charge in [0.2, 0.25) is 0 Å². The van der Waals surface area contributed by atoms with Crippen molar-refractivity contribution in [3.8, 4) is 0 Å². The third-order valence-corrected chi connectivity index (χ3v) is 5.26. The Bertz CT molecular complexity index is 561. The number of hydrogen-bond acceptors (Lipinski definition) is 0. The van der Waals surface area contributed by atoms with Crippen LogP contribution in [0.2, 0.25) is 0 Å². The van der Waals surface area contributed by atoms with E-state index in [1.54, 1.807) is 0 Å². The molecule has 0 spiro atoms. The molecule has 0 bridgehead atoms. The van der Waals surface area contributed by atoms with Crippen LogP contribution in [0.3, 0.4) is 0 Å². The van der Waals surface area contributed by atoms with E-state index in [1.165, 1.54) is 55.2 Å². The molecule has 110 valence electrons. The lowest BCUT2D eigenvalue weighted by molar-refractivity contribution is 0.422. The summed E-state index contributed by atoms with van der Waals surface area (Å²) in [7, 11) is 0. The fourth-order valence-corrected chi connectivity index (χ4v) is 3.95. The van der Waals surface area contributed by atoms with E-state index < -0.39 is 0 Å². The van der Waals surface area contributed by atoms with Crippen molar-refractivity contribution in [2.75, 3.05) is 0 Å². The normalized spacial score (nSPS) is 21.6. The van der Waals surface area contributed by atoms with Crippen LogP contribution < -0.4 is 0 Å². The molecule has 0 fully saturated rings. The lowest BCUT2D eigenvalue weighted by atomic mass is 9.90. The number of fused-ring (bicyclic) bond motifs is 1. The first-order valence-electron chi connectivity index (χ1n) is 8.10. The molecule has 2 unspecified atom stereocenters. The minimum Gasteiger partial charge on any atom is -0.118 e. The van der Waals surface area contributed by atoms with Crippen LogP contribution in [0.1, 0.15) is 47.8 Å². The van der Waals surface area contributed by atoms with Crippen LogP contribution >= 0.6 is 11.6 Å². The fourth-order valence-electron chi connectivity index (χ4n) is 3.49. The van der Waals surface area contributed by atoms with Gasteiger partial charge in [0.15, 0.2) is 0 Å². The van der Waals surface area contributed by atoms with Crippen LogP contribution in [0, 0.1) is 5.92 Å². The molecular weight excluding hydrogens is 276 g/mol. The molecule has 1 aliphatic rings. The van der Waals surface area contributed by atoms with E-state index >= 15 is 0 Å². The zero-order valence-electron chi connectivity index (χ0n) is 12.5. The number of benzene rings is 2. The summed E-state index contributed by atoms with van der Waals surface area (Å²) in [6.45, 7) is 0. The van der Waals surface area contributed by atoms with E-state index in [9.17, 15) is 0 Å². The molecule has 0 radical (unpaired) electrons. The molecule has 0 aromatic heterocycles. The third kappa shape index (κ3) is 3.68. The van der Waals surface area contributed by atoms with Crippen LogP contribution in [0.25, 0.3) is 0 Å². The molecule has 1 heteroatoms. The first kappa shape index (κ1) is 14.7. The van der Waals surface area contributed by atoms with Gasteiger partial charge in [0.25, 0.3) is 0 Å². The van der Waals surface area contributed by atoms with Gasteiger partial charge in [-0.25, -0.2) is 0 Å². The molecule has 0 nitrogen and oxygen atoms in total. The highest BCUT2D eigenvalue weighted by Gasteiger charge is 2.25. The highest BCUT2D eigenvalue weighted by molar-refractivity contribution is 6.21. The molecule has 3 rings (SSSR count). The van der Waals surface area contributed by atoms with Crippen molar-refractivity contribution in [3.05, 3.63) is 71.3 Å². The van der Waals surface area contributed by atoms with E-state index in [4.69, 9.17) is 11.6 Å². The van der Waals surface area contributed by atoms with Gasteiger partial charge < -0.3 is 0 Å². The number of hydrogen-bond donors (Lipinski definition) is 0. The Kier molecular flexibility index (Phi) is 4.98. The molecule has 0 heterocycles. The van der Waals surface area contributed by atoms with Crippen molar-refractivity contribution < 1.29 is 0 Å². The highest BCUT2D eigenvalue weighted by Crippen LogP contribution is 2.40. The van der Waals surface area contributed by atoms with Gasteiger partial charge in [-0.15, -0.1) is 11.6 Å². The SMILES string of the molecule is ClC1c2ccccc2CCCC1CCCc1ccccc1. The molecular formula is C20H23Cl. The molecule has 0 amide bonds. The van der Waals surface area contributed by atoms with E-state index in [1.807, 2.05) is 0 Å². The third-order valence-electron chi connectivity index (χ3n) is 4.67. The second-order valence-corrected chi connectivity index (χ2v) is 6.60. The number of aryl methyl sites for hydroxylation is 2. The smallest absolute Gasteiger partial charge is 0.0616 e. The van der Waals surface area contributed by atoms with Crippen LogP contribution in [0.4, 0.5) is 0 Å². The van der Waals surface area contributed by atoms with E-state index in [0.717, 1.165) is 0 Å². The Balaban J connectivity index is 1.61. The first-order chi connectivity index (χ1) is 10.3. The molecule has 2 aromatic carbocycles. The van der Waals surface area contributed by atoms with Gasteiger partial charge in [-0.3, -0.25) is 0 Å². The van der Waals surface area contributed by atoms with E-state index in [0.29, 0.717) is 5.92 Å². The van der Waals surface area contributed by atoms with Crippen molar-refractivity contribution in [3.63, 3.8) is 0 Å². The quantitative estimate of drug-likeness (QED) is 0.484. The van der Waals surface area contributed by atoms with Crippen molar-refractivity contribution >= 4 is 11.6 Å². The molecule has 0 saturated carbocycles. The van der Waals surface area contributed by atoms with E-state index in [2.05, 4.69) is 54.6 Å². The maximum absolute atomic E-state index is 6.80. The Hall–Kier alpha value is -1.27. The Morgan fingerprint density at radius 1 is 0.952 bits per heavy atom. The van der Waals surface area contributed by atoms with E-state index in [-0.39, 0.29) is 5.38 Å². The number of rotatable bonds is 4. The number of halogens is 1. The van der Waals surface area contributed by atoms with Crippen LogP contribution in [-0.4, -0.2) is 0 Å². The van der Waals surface area contributed by atoms with Gasteiger partial charge in [-0.2, -0.15) is 0 Å². The summed E-state index contributed by atoms with van der Waals surface area (Å²) in [5.41, 5.74) is 4.28. The van der Waals surface area contributed by atoms with Gasteiger partial charge in [0, 0.05) is 0 Å². The lowest BCUT2D eigenvalue weighted by Crippen LogP contribution is -2.08. The summed E-state index contributed by atoms with van der Waals surface area (Å²) in [6.07, 6.45) is 7.36. The second-order valence-electron chi connectivity index (χ2n) is 6.13. The van der Waals surface area contributed by atoms with Crippen LogP contribution in [0.5, 0.6) is 0 Å². The zero-order valence-corrected chi connectivity index (χ0v) is 13.2. The van der Waals surface area contributed by atoms with Crippen molar-refractivity contribution in [1.82, 2.24) is 0 Å². The highest BCUT2D eigenvalue weighted by atomic mass is 35.5. The summed E-state index contributed by atoms with van der Waals surface area (Å²) < 4.78 is 0. The predicted octanol–water partition coefficient (Wildman–Crippen LogP) is 5.94. The molecule has 2 atom stereocenters. The predicted molar refractivity (Wildman–Crippen MR) is 90.8 cm³/mol. The summed E-state index contributed by atoms with van der Waals surface area (Å²) in [6, 6.07) is 19.5. The average Bonchev–Trinajstić information content (AvgIpc) is 2.69. The topological polar surface area (TPSA) is 0 Å². The van der Waals surface area contributed by atoms with Crippen LogP contribution in [-0.2, 0) is 12.8 Å². The standard InChI is InChI=1S/C20H23Cl/c21-20-18(13-6-10-16-8-2-1-3-9-16)14-7-12-17-11-4-5-15-19(17)20/h1-5,8-9,11,15,18,20H,6-7,10,12-14H2. The fraction of sp³-hybridized carbons (Fsp3) is 0.400. The van der Waals surface area contributed by atoms with Crippen molar-refractivity contribution in [2.45, 2.75) is 43.9 Å². The molecule has 0 aliphatic heterocycles. The molecule has 2 aromatic rings. The Morgan fingerprint density at radius 3 is 2.57 bits per heavy atom. The first-order valence-corrected chi connectivity index (χ1v) is 8.54. The van der Waals surface area contributed by atoms with Gasteiger partial charge in [-0.1, -0.05) is 54.6 Å².